The quantitative estimate of drug-likeness (QED) is 0.885. The fraction of sp³-hybridized carbons (Fsp3) is 0.467. The van der Waals surface area contributed by atoms with Gasteiger partial charge in [0.15, 0.2) is 0 Å². The van der Waals surface area contributed by atoms with Crippen LogP contribution in [0.3, 0.4) is 0 Å². The minimum atomic E-state index is 0.196. The number of benzene rings is 1. The molecule has 5 heteroatoms. The Morgan fingerprint density at radius 1 is 1.20 bits per heavy atom. The van der Waals surface area contributed by atoms with E-state index >= 15 is 0 Å². The monoisotopic (exact) mass is 293 g/mol. The van der Waals surface area contributed by atoms with Crippen molar-refractivity contribution in [2.45, 2.75) is 13.0 Å². The van der Waals surface area contributed by atoms with E-state index < -0.39 is 0 Å². The van der Waals surface area contributed by atoms with E-state index in [1.165, 1.54) is 16.8 Å². The van der Waals surface area contributed by atoms with E-state index in [2.05, 4.69) is 27.5 Å². The Morgan fingerprint density at radius 2 is 2.00 bits per heavy atom. The van der Waals surface area contributed by atoms with E-state index in [9.17, 15) is 0 Å². The Labute approximate surface area is 124 Å². The maximum absolute atomic E-state index is 9.01. The van der Waals surface area contributed by atoms with Crippen molar-refractivity contribution in [3.63, 3.8) is 0 Å². The number of rotatable bonds is 4. The van der Waals surface area contributed by atoms with Crippen molar-refractivity contribution in [1.82, 2.24) is 15.3 Å². The molecule has 1 aromatic rings. The second-order valence-electron chi connectivity index (χ2n) is 5.43. The molecule has 2 heterocycles. The van der Waals surface area contributed by atoms with Crippen LogP contribution in [0.15, 0.2) is 35.5 Å². The molecule has 0 spiro atoms. The number of halogens is 1. The summed E-state index contributed by atoms with van der Waals surface area (Å²) in [6.07, 6.45) is 1.11. The highest BCUT2D eigenvalue weighted by atomic mass is 35.5. The zero-order valence-corrected chi connectivity index (χ0v) is 12.2. The van der Waals surface area contributed by atoms with Gasteiger partial charge in [0.2, 0.25) is 0 Å². The summed E-state index contributed by atoms with van der Waals surface area (Å²) in [5, 5.41) is 11.9. The van der Waals surface area contributed by atoms with Gasteiger partial charge in [-0.2, -0.15) is 0 Å². The lowest BCUT2D eigenvalue weighted by Crippen LogP contribution is -2.37. The molecule has 2 N–H and O–H groups in total. The molecule has 0 amide bonds. The highest BCUT2D eigenvalue weighted by Crippen LogP contribution is 2.23. The van der Waals surface area contributed by atoms with E-state index in [1.807, 2.05) is 12.1 Å². The van der Waals surface area contributed by atoms with E-state index in [4.69, 9.17) is 16.7 Å². The number of nitrogens with zero attached hydrogens (tertiary/aromatic N) is 2. The van der Waals surface area contributed by atoms with Crippen LogP contribution in [0.2, 0.25) is 5.02 Å². The molecule has 0 aliphatic carbocycles. The highest BCUT2D eigenvalue weighted by molar-refractivity contribution is 6.30. The summed E-state index contributed by atoms with van der Waals surface area (Å²) in [7, 11) is 0. The standard InChI is InChI=1S/C15H20ClN3O/c16-14-3-1-12(2-4-14)9-18-6-5-13-10-19(7-8-20)17-15(13)11-18/h1-4,17,20H,5-11H2. The normalized spacial score (nSPS) is 20.1. The molecule has 2 aliphatic heterocycles. The molecular formula is C15H20ClN3O. The molecule has 0 unspecified atom stereocenters. The Balaban J connectivity index is 1.58. The van der Waals surface area contributed by atoms with Crippen LogP contribution in [-0.2, 0) is 6.54 Å². The maximum atomic E-state index is 9.01. The smallest absolute Gasteiger partial charge is 0.0577 e. The van der Waals surface area contributed by atoms with Gasteiger partial charge in [-0.1, -0.05) is 23.7 Å². The molecule has 2 aliphatic rings. The van der Waals surface area contributed by atoms with Crippen molar-refractivity contribution in [3.05, 3.63) is 46.1 Å². The number of aliphatic hydroxyl groups is 1. The third-order valence-corrected chi connectivity index (χ3v) is 4.15. The summed E-state index contributed by atoms with van der Waals surface area (Å²) < 4.78 is 0. The predicted molar refractivity (Wildman–Crippen MR) is 80.2 cm³/mol. The third-order valence-electron chi connectivity index (χ3n) is 3.90. The molecular weight excluding hydrogens is 274 g/mol. The van der Waals surface area contributed by atoms with Gasteiger partial charge in [0, 0.05) is 43.4 Å². The minimum Gasteiger partial charge on any atom is -0.395 e. The first-order chi connectivity index (χ1) is 9.74. The third kappa shape index (κ3) is 3.15. The van der Waals surface area contributed by atoms with Crippen LogP contribution in [0.4, 0.5) is 0 Å². The Hall–Kier alpha value is -1.07. The van der Waals surface area contributed by atoms with Crippen molar-refractivity contribution in [1.29, 1.82) is 0 Å². The molecule has 0 radical (unpaired) electrons. The summed E-state index contributed by atoms with van der Waals surface area (Å²) in [5.41, 5.74) is 7.51. The van der Waals surface area contributed by atoms with Gasteiger partial charge in [-0.05, 0) is 29.7 Å². The van der Waals surface area contributed by atoms with Crippen molar-refractivity contribution in [2.24, 2.45) is 0 Å². The molecule has 3 rings (SSSR count). The lowest BCUT2D eigenvalue weighted by atomic mass is 10.1. The Morgan fingerprint density at radius 3 is 2.75 bits per heavy atom. The van der Waals surface area contributed by atoms with Crippen molar-refractivity contribution >= 4 is 11.6 Å². The number of hydrogen-bond acceptors (Lipinski definition) is 4. The summed E-state index contributed by atoms with van der Waals surface area (Å²) in [5.74, 6) is 0. The van der Waals surface area contributed by atoms with Gasteiger partial charge in [-0.15, -0.1) is 0 Å². The molecule has 0 aromatic heterocycles. The first kappa shape index (κ1) is 13.9. The van der Waals surface area contributed by atoms with Crippen LogP contribution >= 0.6 is 11.6 Å². The lowest BCUT2D eigenvalue weighted by molar-refractivity contribution is 0.181. The van der Waals surface area contributed by atoms with Crippen LogP contribution in [0, 0.1) is 0 Å². The molecule has 0 saturated carbocycles. The molecule has 4 nitrogen and oxygen atoms in total. The fourth-order valence-corrected chi connectivity index (χ4v) is 2.97. The average molecular weight is 294 g/mol. The molecule has 1 aromatic carbocycles. The number of hydrazine groups is 1. The second kappa shape index (κ2) is 6.14. The van der Waals surface area contributed by atoms with Gasteiger partial charge in [0.1, 0.15) is 0 Å². The van der Waals surface area contributed by atoms with Crippen LogP contribution in [-0.4, -0.2) is 47.8 Å². The molecule has 0 saturated heterocycles. The number of nitrogens with one attached hydrogen (secondary N) is 1. The van der Waals surface area contributed by atoms with Gasteiger partial charge in [0.05, 0.1) is 6.61 Å². The van der Waals surface area contributed by atoms with Crippen LogP contribution in [0.5, 0.6) is 0 Å². The Bertz CT molecular complexity index is 500. The Kier molecular flexibility index (Phi) is 4.27. The largest absolute Gasteiger partial charge is 0.395 e. The van der Waals surface area contributed by atoms with E-state index in [1.54, 1.807) is 0 Å². The molecule has 0 bridgehead atoms. The van der Waals surface area contributed by atoms with E-state index in [0.29, 0.717) is 6.54 Å². The highest BCUT2D eigenvalue weighted by Gasteiger charge is 2.26. The molecule has 0 atom stereocenters. The first-order valence-corrected chi connectivity index (χ1v) is 7.42. The van der Waals surface area contributed by atoms with Gasteiger partial charge in [0.25, 0.3) is 0 Å². The number of hydrogen-bond donors (Lipinski definition) is 2. The molecule has 108 valence electrons. The van der Waals surface area contributed by atoms with E-state index in [-0.39, 0.29) is 6.61 Å². The van der Waals surface area contributed by atoms with Crippen molar-refractivity contribution in [3.8, 4) is 0 Å². The van der Waals surface area contributed by atoms with Crippen LogP contribution in [0.1, 0.15) is 12.0 Å². The van der Waals surface area contributed by atoms with Crippen molar-refractivity contribution in [2.75, 3.05) is 32.8 Å². The number of β-amino-alcohol motifs (C(OH)–C–C–N with tert-alkyl or cyclic N) is 1. The van der Waals surface area contributed by atoms with Crippen molar-refractivity contribution < 1.29 is 5.11 Å². The zero-order valence-electron chi connectivity index (χ0n) is 11.5. The van der Waals surface area contributed by atoms with Gasteiger partial charge in [-0.3, -0.25) is 4.90 Å². The first-order valence-electron chi connectivity index (χ1n) is 7.05. The summed E-state index contributed by atoms with van der Waals surface area (Å²) in [4.78, 5) is 2.44. The molecule has 0 fully saturated rings. The second-order valence-corrected chi connectivity index (χ2v) is 5.86. The fourth-order valence-electron chi connectivity index (χ4n) is 2.85. The van der Waals surface area contributed by atoms with Gasteiger partial charge >= 0.3 is 0 Å². The summed E-state index contributed by atoms with van der Waals surface area (Å²) >= 11 is 5.92. The number of aliphatic hydroxyl groups excluding tert-OH is 1. The summed E-state index contributed by atoms with van der Waals surface area (Å²) in [6, 6.07) is 8.07. The van der Waals surface area contributed by atoms with Gasteiger partial charge < -0.3 is 10.5 Å². The summed E-state index contributed by atoms with van der Waals surface area (Å²) in [6.45, 7) is 4.84. The molecule has 20 heavy (non-hydrogen) atoms. The predicted octanol–water partition coefficient (Wildman–Crippen LogP) is 1.61. The van der Waals surface area contributed by atoms with Gasteiger partial charge in [-0.25, -0.2) is 5.01 Å². The van der Waals surface area contributed by atoms with Crippen LogP contribution < -0.4 is 5.43 Å². The minimum absolute atomic E-state index is 0.196. The lowest BCUT2D eigenvalue weighted by Gasteiger charge is -2.27. The average Bonchev–Trinajstić information content (AvgIpc) is 2.83. The van der Waals surface area contributed by atoms with Crippen LogP contribution in [0.25, 0.3) is 0 Å². The van der Waals surface area contributed by atoms with E-state index in [0.717, 1.165) is 37.6 Å². The SMILES string of the molecule is OCCN1CC2=C(CN(Cc3ccc(Cl)cc3)CC2)N1. The topological polar surface area (TPSA) is 38.7 Å². The maximum Gasteiger partial charge on any atom is 0.0577 e. The zero-order chi connectivity index (χ0) is 13.9.